The van der Waals surface area contributed by atoms with Crippen LogP contribution in [0.15, 0.2) is 48.5 Å². The standard InChI is InChI=1S/C18H23NO2/c1-14-10-15(2)12-17(11-14)21-9-8-18(19,13-20)16-6-4-3-5-7-16/h3-7,10-12,20H,8-9,13,19H2,1-2H3. The van der Waals surface area contributed by atoms with Crippen LogP contribution in [-0.2, 0) is 5.54 Å². The molecule has 0 amide bonds. The van der Waals surface area contributed by atoms with Gasteiger partial charge in [-0.15, -0.1) is 0 Å². The summed E-state index contributed by atoms with van der Waals surface area (Å²) in [4.78, 5) is 0. The van der Waals surface area contributed by atoms with Gasteiger partial charge in [-0.25, -0.2) is 0 Å². The van der Waals surface area contributed by atoms with Gasteiger partial charge in [0, 0.05) is 6.42 Å². The van der Waals surface area contributed by atoms with Crippen molar-refractivity contribution in [2.24, 2.45) is 5.73 Å². The largest absolute Gasteiger partial charge is 0.493 e. The van der Waals surface area contributed by atoms with Gasteiger partial charge in [0.15, 0.2) is 0 Å². The second-order valence-electron chi connectivity index (χ2n) is 5.60. The van der Waals surface area contributed by atoms with Crippen molar-refractivity contribution < 1.29 is 9.84 Å². The summed E-state index contributed by atoms with van der Waals surface area (Å²) in [6.07, 6.45) is 0.556. The van der Waals surface area contributed by atoms with Crippen molar-refractivity contribution in [3.8, 4) is 5.75 Å². The Balaban J connectivity index is 2.00. The van der Waals surface area contributed by atoms with E-state index in [4.69, 9.17) is 10.5 Å². The fourth-order valence-corrected chi connectivity index (χ4v) is 2.45. The summed E-state index contributed by atoms with van der Waals surface area (Å²) in [6.45, 7) is 4.46. The second kappa shape index (κ2) is 6.74. The summed E-state index contributed by atoms with van der Waals surface area (Å²) in [5.41, 5.74) is 8.83. The normalized spacial score (nSPS) is 13.7. The number of aliphatic hydroxyl groups is 1. The van der Waals surface area contributed by atoms with Gasteiger partial charge in [-0.05, 0) is 42.7 Å². The number of hydrogen-bond donors (Lipinski definition) is 2. The molecule has 0 bridgehead atoms. The Morgan fingerprint density at radius 1 is 1.05 bits per heavy atom. The summed E-state index contributed by atoms with van der Waals surface area (Å²) in [6, 6.07) is 15.8. The summed E-state index contributed by atoms with van der Waals surface area (Å²) in [5, 5.41) is 9.64. The highest BCUT2D eigenvalue weighted by atomic mass is 16.5. The number of aliphatic hydroxyl groups excluding tert-OH is 1. The molecule has 0 spiro atoms. The molecule has 0 radical (unpaired) electrons. The van der Waals surface area contributed by atoms with E-state index in [1.54, 1.807) is 0 Å². The third kappa shape index (κ3) is 4.06. The minimum atomic E-state index is -0.764. The van der Waals surface area contributed by atoms with Crippen LogP contribution in [-0.4, -0.2) is 18.3 Å². The van der Waals surface area contributed by atoms with Crippen molar-refractivity contribution in [3.63, 3.8) is 0 Å². The van der Waals surface area contributed by atoms with Gasteiger partial charge in [-0.1, -0.05) is 36.4 Å². The number of aryl methyl sites for hydroxylation is 2. The van der Waals surface area contributed by atoms with Gasteiger partial charge < -0.3 is 15.6 Å². The predicted octanol–water partition coefficient (Wildman–Crippen LogP) is 2.92. The predicted molar refractivity (Wildman–Crippen MR) is 85.4 cm³/mol. The van der Waals surface area contributed by atoms with Crippen LogP contribution in [0.25, 0.3) is 0 Å². The summed E-state index contributed by atoms with van der Waals surface area (Å²) in [7, 11) is 0. The molecule has 0 saturated heterocycles. The van der Waals surface area contributed by atoms with Crippen molar-refractivity contribution in [1.29, 1.82) is 0 Å². The quantitative estimate of drug-likeness (QED) is 0.858. The first-order valence-corrected chi connectivity index (χ1v) is 7.20. The Bertz CT molecular complexity index is 563. The van der Waals surface area contributed by atoms with E-state index in [1.807, 2.05) is 56.3 Å². The number of nitrogens with two attached hydrogens (primary N) is 1. The van der Waals surface area contributed by atoms with Gasteiger partial charge in [0.25, 0.3) is 0 Å². The lowest BCUT2D eigenvalue weighted by molar-refractivity contribution is 0.162. The first-order valence-electron chi connectivity index (χ1n) is 7.20. The molecule has 0 aliphatic heterocycles. The molecule has 0 aliphatic rings. The highest BCUT2D eigenvalue weighted by Crippen LogP contribution is 2.23. The Labute approximate surface area is 126 Å². The van der Waals surface area contributed by atoms with Gasteiger partial charge in [0.1, 0.15) is 5.75 Å². The average Bonchev–Trinajstić information content (AvgIpc) is 2.47. The lowest BCUT2D eigenvalue weighted by Gasteiger charge is -2.27. The van der Waals surface area contributed by atoms with E-state index in [2.05, 4.69) is 6.07 Å². The molecule has 2 aromatic rings. The van der Waals surface area contributed by atoms with Crippen LogP contribution in [0.5, 0.6) is 5.75 Å². The highest BCUT2D eigenvalue weighted by molar-refractivity contribution is 5.33. The molecule has 1 atom stereocenters. The minimum Gasteiger partial charge on any atom is -0.493 e. The molecular formula is C18H23NO2. The smallest absolute Gasteiger partial charge is 0.119 e. The van der Waals surface area contributed by atoms with Crippen LogP contribution in [0.3, 0.4) is 0 Å². The Morgan fingerprint density at radius 2 is 1.67 bits per heavy atom. The molecule has 0 fully saturated rings. The Kier molecular flexibility index (Phi) is 4.99. The van der Waals surface area contributed by atoms with E-state index in [0.29, 0.717) is 13.0 Å². The number of benzene rings is 2. The lowest BCUT2D eigenvalue weighted by atomic mass is 9.89. The molecule has 2 rings (SSSR count). The van der Waals surface area contributed by atoms with E-state index >= 15 is 0 Å². The van der Waals surface area contributed by atoms with E-state index < -0.39 is 5.54 Å². The molecule has 0 aromatic heterocycles. The summed E-state index contributed by atoms with van der Waals surface area (Å²) < 4.78 is 5.80. The van der Waals surface area contributed by atoms with Crippen LogP contribution in [0.1, 0.15) is 23.1 Å². The molecule has 0 heterocycles. The van der Waals surface area contributed by atoms with E-state index in [1.165, 1.54) is 11.1 Å². The molecule has 112 valence electrons. The van der Waals surface area contributed by atoms with Gasteiger partial charge >= 0.3 is 0 Å². The molecule has 0 saturated carbocycles. The first kappa shape index (κ1) is 15.5. The second-order valence-corrected chi connectivity index (χ2v) is 5.60. The van der Waals surface area contributed by atoms with E-state index in [-0.39, 0.29) is 6.61 Å². The fourth-order valence-electron chi connectivity index (χ4n) is 2.45. The number of ether oxygens (including phenoxy) is 1. The van der Waals surface area contributed by atoms with Crippen LogP contribution in [0.2, 0.25) is 0 Å². The third-order valence-corrected chi connectivity index (χ3v) is 3.64. The van der Waals surface area contributed by atoms with Crippen LogP contribution < -0.4 is 10.5 Å². The molecule has 3 N–H and O–H groups in total. The average molecular weight is 285 g/mol. The third-order valence-electron chi connectivity index (χ3n) is 3.64. The van der Waals surface area contributed by atoms with Crippen molar-refractivity contribution >= 4 is 0 Å². The molecule has 1 unspecified atom stereocenters. The maximum atomic E-state index is 9.64. The minimum absolute atomic E-state index is 0.104. The number of hydrogen-bond acceptors (Lipinski definition) is 3. The van der Waals surface area contributed by atoms with Crippen LogP contribution in [0.4, 0.5) is 0 Å². The molecule has 3 nitrogen and oxygen atoms in total. The van der Waals surface area contributed by atoms with Crippen LogP contribution in [0, 0.1) is 13.8 Å². The van der Waals surface area contributed by atoms with Gasteiger partial charge in [-0.3, -0.25) is 0 Å². The Hall–Kier alpha value is -1.84. The Morgan fingerprint density at radius 3 is 2.24 bits per heavy atom. The molecule has 3 heteroatoms. The van der Waals surface area contributed by atoms with Gasteiger partial charge in [0.05, 0.1) is 18.8 Å². The van der Waals surface area contributed by atoms with Crippen molar-refractivity contribution in [3.05, 3.63) is 65.2 Å². The van der Waals surface area contributed by atoms with Gasteiger partial charge in [-0.2, -0.15) is 0 Å². The molecule has 2 aromatic carbocycles. The number of rotatable bonds is 6. The van der Waals surface area contributed by atoms with E-state index in [9.17, 15) is 5.11 Å². The zero-order valence-electron chi connectivity index (χ0n) is 12.7. The molecule has 0 aliphatic carbocycles. The van der Waals surface area contributed by atoms with Crippen molar-refractivity contribution in [2.45, 2.75) is 25.8 Å². The van der Waals surface area contributed by atoms with Crippen LogP contribution >= 0.6 is 0 Å². The molecule has 21 heavy (non-hydrogen) atoms. The SMILES string of the molecule is Cc1cc(C)cc(OCCC(N)(CO)c2ccccc2)c1. The first-order chi connectivity index (χ1) is 10.0. The summed E-state index contributed by atoms with van der Waals surface area (Å²) >= 11 is 0. The molecular weight excluding hydrogens is 262 g/mol. The zero-order chi connectivity index (χ0) is 15.3. The van der Waals surface area contributed by atoms with Crippen molar-refractivity contribution in [1.82, 2.24) is 0 Å². The van der Waals surface area contributed by atoms with Gasteiger partial charge in [0.2, 0.25) is 0 Å². The fraction of sp³-hybridized carbons (Fsp3) is 0.333. The summed E-state index contributed by atoms with van der Waals surface area (Å²) in [5.74, 6) is 0.848. The van der Waals surface area contributed by atoms with Crippen molar-refractivity contribution in [2.75, 3.05) is 13.2 Å². The zero-order valence-corrected chi connectivity index (χ0v) is 12.7. The topological polar surface area (TPSA) is 55.5 Å². The lowest BCUT2D eigenvalue weighted by Crippen LogP contribution is -2.41. The maximum Gasteiger partial charge on any atom is 0.119 e. The van der Waals surface area contributed by atoms with E-state index in [0.717, 1.165) is 11.3 Å². The maximum absolute atomic E-state index is 9.64. The monoisotopic (exact) mass is 285 g/mol. The highest BCUT2D eigenvalue weighted by Gasteiger charge is 2.26.